The first kappa shape index (κ1) is 13.3. The molecule has 0 amide bonds. The number of anilines is 1. The SMILES string of the molecule is COc1ccc(N)cc1CNS(=O)(=O)CC#N. The number of methoxy groups -OCH3 is 1. The molecule has 0 radical (unpaired) electrons. The Kier molecular flexibility index (Phi) is 4.31. The molecular weight excluding hydrogens is 242 g/mol. The van der Waals surface area contributed by atoms with Crippen LogP contribution >= 0.6 is 0 Å². The van der Waals surface area contributed by atoms with E-state index in [0.29, 0.717) is 17.0 Å². The van der Waals surface area contributed by atoms with Crippen LogP contribution in [0, 0.1) is 11.3 Å². The van der Waals surface area contributed by atoms with Gasteiger partial charge in [-0.15, -0.1) is 0 Å². The lowest BCUT2D eigenvalue weighted by Crippen LogP contribution is -2.25. The average molecular weight is 255 g/mol. The number of rotatable bonds is 5. The Morgan fingerprint density at radius 1 is 1.53 bits per heavy atom. The zero-order chi connectivity index (χ0) is 12.9. The summed E-state index contributed by atoms with van der Waals surface area (Å²) in [5.74, 6) is -0.0312. The van der Waals surface area contributed by atoms with E-state index in [2.05, 4.69) is 4.72 Å². The number of nitriles is 1. The Morgan fingerprint density at radius 3 is 2.82 bits per heavy atom. The quantitative estimate of drug-likeness (QED) is 0.732. The Hall–Kier alpha value is -1.78. The first-order valence-corrected chi connectivity index (χ1v) is 6.40. The van der Waals surface area contributed by atoms with E-state index >= 15 is 0 Å². The summed E-state index contributed by atoms with van der Waals surface area (Å²) in [6, 6.07) is 6.51. The number of nitrogen functional groups attached to an aromatic ring is 1. The monoisotopic (exact) mass is 255 g/mol. The molecular formula is C10H13N3O3S. The maximum absolute atomic E-state index is 11.3. The summed E-state index contributed by atoms with van der Waals surface area (Å²) in [6.45, 7) is 0.0399. The number of ether oxygens (including phenoxy) is 1. The van der Waals surface area contributed by atoms with E-state index < -0.39 is 15.8 Å². The van der Waals surface area contributed by atoms with Crippen molar-refractivity contribution in [2.45, 2.75) is 6.54 Å². The average Bonchev–Trinajstić information content (AvgIpc) is 2.27. The normalized spacial score (nSPS) is 10.8. The lowest BCUT2D eigenvalue weighted by atomic mass is 10.2. The summed E-state index contributed by atoms with van der Waals surface area (Å²) in [5, 5.41) is 8.33. The molecule has 0 bridgehead atoms. The molecule has 1 rings (SSSR count). The van der Waals surface area contributed by atoms with Crippen LogP contribution in [0.4, 0.5) is 5.69 Å². The summed E-state index contributed by atoms with van der Waals surface area (Å²) in [4.78, 5) is 0. The van der Waals surface area contributed by atoms with Crippen LogP contribution in [-0.2, 0) is 16.6 Å². The fraction of sp³-hybridized carbons (Fsp3) is 0.300. The molecule has 1 aromatic carbocycles. The van der Waals surface area contributed by atoms with Gasteiger partial charge in [-0.25, -0.2) is 13.1 Å². The molecule has 0 spiro atoms. The minimum atomic E-state index is -3.58. The maximum Gasteiger partial charge on any atom is 0.225 e. The Bertz CT molecular complexity index is 534. The Morgan fingerprint density at radius 2 is 2.24 bits per heavy atom. The van der Waals surface area contributed by atoms with Gasteiger partial charge in [0, 0.05) is 17.8 Å². The van der Waals surface area contributed by atoms with E-state index in [4.69, 9.17) is 15.7 Å². The predicted octanol–water partition coefficient (Wildman–Crippen LogP) is 0.220. The molecule has 0 fully saturated rings. The molecule has 0 saturated carbocycles. The van der Waals surface area contributed by atoms with Crippen LogP contribution in [0.5, 0.6) is 5.75 Å². The van der Waals surface area contributed by atoms with Gasteiger partial charge in [-0.05, 0) is 18.2 Å². The molecule has 6 nitrogen and oxygen atoms in total. The second-order valence-corrected chi connectivity index (χ2v) is 5.12. The number of hydrogen-bond donors (Lipinski definition) is 2. The molecule has 7 heteroatoms. The third-order valence-electron chi connectivity index (χ3n) is 2.04. The summed E-state index contributed by atoms with van der Waals surface area (Å²) in [7, 11) is -2.09. The number of benzene rings is 1. The molecule has 1 aromatic rings. The standard InChI is InChI=1S/C10H13N3O3S/c1-16-10-3-2-9(12)6-8(10)7-13-17(14,15)5-4-11/h2-3,6,13H,5,7,12H2,1H3. The number of sulfonamides is 1. The highest BCUT2D eigenvalue weighted by Crippen LogP contribution is 2.20. The predicted molar refractivity (Wildman–Crippen MR) is 63.6 cm³/mol. The van der Waals surface area contributed by atoms with E-state index in [1.807, 2.05) is 0 Å². The van der Waals surface area contributed by atoms with Crippen molar-refractivity contribution < 1.29 is 13.2 Å². The molecule has 0 heterocycles. The van der Waals surface area contributed by atoms with Crippen molar-refractivity contribution in [3.05, 3.63) is 23.8 Å². The van der Waals surface area contributed by atoms with Crippen LogP contribution in [0.2, 0.25) is 0 Å². The molecule has 0 unspecified atom stereocenters. The van der Waals surface area contributed by atoms with Crippen molar-refractivity contribution in [1.82, 2.24) is 4.72 Å². The molecule has 92 valence electrons. The Labute approximate surface area is 100 Å². The van der Waals surface area contributed by atoms with Crippen LogP contribution in [0.25, 0.3) is 0 Å². The van der Waals surface area contributed by atoms with Gasteiger partial charge in [0.05, 0.1) is 13.2 Å². The van der Waals surface area contributed by atoms with Crippen molar-refractivity contribution in [2.24, 2.45) is 0 Å². The van der Waals surface area contributed by atoms with E-state index in [-0.39, 0.29) is 6.54 Å². The van der Waals surface area contributed by atoms with Crippen molar-refractivity contribution in [2.75, 3.05) is 18.6 Å². The number of nitrogens with two attached hydrogens (primary N) is 1. The summed E-state index contributed by atoms with van der Waals surface area (Å²) in [5.41, 5.74) is 6.73. The highest BCUT2D eigenvalue weighted by molar-refractivity contribution is 7.89. The molecule has 0 saturated heterocycles. The molecule has 0 atom stereocenters. The second-order valence-electron chi connectivity index (χ2n) is 3.31. The Balaban J connectivity index is 2.82. The molecule has 17 heavy (non-hydrogen) atoms. The van der Waals surface area contributed by atoms with Crippen molar-refractivity contribution in [3.63, 3.8) is 0 Å². The van der Waals surface area contributed by atoms with E-state index in [1.54, 1.807) is 24.3 Å². The van der Waals surface area contributed by atoms with Gasteiger partial charge >= 0.3 is 0 Å². The lowest BCUT2D eigenvalue weighted by Gasteiger charge is -2.09. The van der Waals surface area contributed by atoms with Gasteiger partial charge in [0.1, 0.15) is 5.75 Å². The van der Waals surface area contributed by atoms with Crippen molar-refractivity contribution in [3.8, 4) is 11.8 Å². The minimum Gasteiger partial charge on any atom is -0.496 e. The summed E-state index contributed by atoms with van der Waals surface area (Å²) < 4.78 is 29.9. The second kappa shape index (κ2) is 5.52. The van der Waals surface area contributed by atoms with Crippen LogP contribution in [0.15, 0.2) is 18.2 Å². The summed E-state index contributed by atoms with van der Waals surface area (Å²) in [6.07, 6.45) is 0. The van der Waals surface area contributed by atoms with E-state index in [1.165, 1.54) is 7.11 Å². The summed E-state index contributed by atoms with van der Waals surface area (Å²) >= 11 is 0. The zero-order valence-electron chi connectivity index (χ0n) is 9.30. The van der Waals surface area contributed by atoms with Gasteiger partial charge in [0.2, 0.25) is 10.0 Å². The first-order chi connectivity index (χ1) is 7.98. The molecule has 3 N–H and O–H groups in total. The van der Waals surface area contributed by atoms with Crippen LogP contribution in [-0.4, -0.2) is 21.3 Å². The van der Waals surface area contributed by atoms with Gasteiger partial charge in [-0.1, -0.05) is 0 Å². The van der Waals surface area contributed by atoms with E-state index in [9.17, 15) is 8.42 Å². The zero-order valence-corrected chi connectivity index (χ0v) is 10.1. The van der Waals surface area contributed by atoms with Gasteiger partial charge in [0.15, 0.2) is 5.75 Å². The van der Waals surface area contributed by atoms with Crippen molar-refractivity contribution >= 4 is 15.7 Å². The fourth-order valence-electron chi connectivity index (χ4n) is 1.26. The number of nitrogens with zero attached hydrogens (tertiary/aromatic N) is 1. The van der Waals surface area contributed by atoms with Crippen LogP contribution in [0.3, 0.4) is 0 Å². The molecule has 0 aliphatic heterocycles. The highest BCUT2D eigenvalue weighted by atomic mass is 32.2. The van der Waals surface area contributed by atoms with Gasteiger partial charge in [0.25, 0.3) is 0 Å². The number of hydrogen-bond acceptors (Lipinski definition) is 5. The smallest absolute Gasteiger partial charge is 0.225 e. The molecule has 0 aliphatic carbocycles. The fourth-order valence-corrected chi connectivity index (χ4v) is 1.91. The molecule has 0 aliphatic rings. The topological polar surface area (TPSA) is 105 Å². The van der Waals surface area contributed by atoms with Gasteiger partial charge in [-0.2, -0.15) is 5.26 Å². The minimum absolute atomic E-state index is 0.0399. The maximum atomic E-state index is 11.3. The van der Waals surface area contributed by atoms with E-state index in [0.717, 1.165) is 0 Å². The van der Waals surface area contributed by atoms with Gasteiger partial charge in [-0.3, -0.25) is 0 Å². The van der Waals surface area contributed by atoms with Crippen LogP contribution < -0.4 is 15.2 Å². The largest absolute Gasteiger partial charge is 0.496 e. The lowest BCUT2D eigenvalue weighted by molar-refractivity contribution is 0.409. The third kappa shape index (κ3) is 3.94. The van der Waals surface area contributed by atoms with Crippen LogP contribution in [0.1, 0.15) is 5.56 Å². The van der Waals surface area contributed by atoms with Gasteiger partial charge < -0.3 is 10.5 Å². The highest BCUT2D eigenvalue weighted by Gasteiger charge is 2.11. The number of nitrogens with one attached hydrogen (secondary N) is 1. The third-order valence-corrected chi connectivity index (χ3v) is 3.13. The first-order valence-electron chi connectivity index (χ1n) is 4.75. The van der Waals surface area contributed by atoms with Crippen molar-refractivity contribution in [1.29, 1.82) is 5.26 Å². The molecule has 0 aromatic heterocycles.